The predicted molar refractivity (Wildman–Crippen MR) is 223 cm³/mol. The van der Waals surface area contributed by atoms with Crippen LogP contribution in [0, 0.1) is 11.8 Å². The Kier molecular flexibility index (Phi) is 18.7. The summed E-state index contributed by atoms with van der Waals surface area (Å²) in [6, 6.07) is 5.04. The fourth-order valence-electron chi connectivity index (χ4n) is 5.69. The van der Waals surface area contributed by atoms with E-state index >= 15 is 0 Å². The van der Waals surface area contributed by atoms with Gasteiger partial charge < -0.3 is 38.5 Å². The van der Waals surface area contributed by atoms with E-state index in [1.807, 2.05) is 0 Å². The van der Waals surface area contributed by atoms with Crippen LogP contribution in [0.25, 0.3) is 11.2 Å². The average molecular weight is 823 g/mol. The smallest absolute Gasteiger partial charge is 0.280 e. The topological polar surface area (TPSA) is 312 Å². The SMILES string of the molecule is C[C@H](CC(=O)[C@H](CCCN=C(N)N)NC(=O)[C@@H](C)CC(=O)CCCNC(=O)c1ccc(NCc2cnc3nc(N)[nH]c(=O)c3n2)cc1)C(=O)N[C@@H](C)C(=O)CCCS. The standard InChI is InChI=1S/C38H54N12O7S/c1-21(34(55)48-28(8-5-15-43-37(39)40)30(53)18-22(2)33(54)46-23(3)29(52)9-6-16-58)17-27(51)7-4-14-42-35(56)24-10-12-25(13-11-24)44-19-26-20-45-32-31(47-26)36(57)50-38(41)49-32/h10-13,20-23,28,44,58H,4-9,14-19H2,1-3H3,(H,42,56)(H,46,54)(H,48,55)(H4,39,40,43)(H3,41,45,49,50,57)/t21-,22+,23-,28-/m0/s1. The normalized spacial score (nSPS) is 13.0. The molecule has 0 saturated heterocycles. The second-order valence-corrected chi connectivity index (χ2v) is 14.5. The largest absolute Gasteiger partial charge is 0.379 e. The van der Waals surface area contributed by atoms with Crippen molar-refractivity contribution in [2.75, 3.05) is 29.9 Å². The monoisotopic (exact) mass is 822 g/mol. The summed E-state index contributed by atoms with van der Waals surface area (Å²) in [5, 5.41) is 11.3. The van der Waals surface area contributed by atoms with Gasteiger partial charge in [-0.15, -0.1) is 0 Å². The Hall–Kier alpha value is -5.92. The molecule has 3 amide bonds. The number of hydrogen-bond acceptors (Lipinski definition) is 14. The molecule has 0 aliphatic heterocycles. The number of aromatic nitrogens is 4. The van der Waals surface area contributed by atoms with Gasteiger partial charge in [0.2, 0.25) is 17.8 Å². The minimum absolute atomic E-state index is 0.0484. The highest BCUT2D eigenvalue weighted by Gasteiger charge is 2.28. The summed E-state index contributed by atoms with van der Waals surface area (Å²) in [5.41, 5.74) is 17.7. The van der Waals surface area contributed by atoms with Crippen molar-refractivity contribution in [2.45, 2.75) is 90.8 Å². The van der Waals surface area contributed by atoms with Gasteiger partial charge in [-0.25, -0.2) is 9.97 Å². The Bertz CT molecular complexity index is 2000. The van der Waals surface area contributed by atoms with Gasteiger partial charge in [0.25, 0.3) is 11.5 Å². The number of nitrogen functional groups attached to an aromatic ring is 1. The second-order valence-electron chi connectivity index (χ2n) is 14.0. The van der Waals surface area contributed by atoms with Gasteiger partial charge >= 0.3 is 0 Å². The summed E-state index contributed by atoms with van der Waals surface area (Å²) >= 11 is 4.10. The van der Waals surface area contributed by atoms with E-state index in [1.54, 1.807) is 45.0 Å². The van der Waals surface area contributed by atoms with E-state index in [4.69, 9.17) is 17.2 Å². The number of amides is 3. The maximum atomic E-state index is 13.3. The van der Waals surface area contributed by atoms with Crippen LogP contribution in [0.2, 0.25) is 0 Å². The number of guanidine groups is 1. The van der Waals surface area contributed by atoms with E-state index in [0.717, 1.165) is 0 Å². The number of nitrogens with one attached hydrogen (secondary N) is 5. The maximum Gasteiger partial charge on any atom is 0.280 e. The Labute approximate surface area is 341 Å². The molecule has 11 N–H and O–H groups in total. The van der Waals surface area contributed by atoms with Crippen molar-refractivity contribution >= 4 is 76.5 Å². The molecule has 314 valence electrons. The van der Waals surface area contributed by atoms with E-state index < -0.39 is 41.3 Å². The highest BCUT2D eigenvalue weighted by atomic mass is 32.1. The quantitative estimate of drug-likeness (QED) is 0.0249. The van der Waals surface area contributed by atoms with Crippen LogP contribution in [0.5, 0.6) is 0 Å². The number of ketones is 3. The molecule has 0 bridgehead atoms. The van der Waals surface area contributed by atoms with E-state index in [2.05, 4.69) is 58.8 Å². The molecule has 20 heteroatoms. The number of rotatable bonds is 25. The number of fused-ring (bicyclic) bond motifs is 1. The van der Waals surface area contributed by atoms with Crippen LogP contribution in [-0.2, 0) is 30.5 Å². The van der Waals surface area contributed by atoms with E-state index in [-0.39, 0.29) is 98.1 Å². The lowest BCUT2D eigenvalue weighted by Crippen LogP contribution is -2.46. The van der Waals surface area contributed by atoms with Gasteiger partial charge in [-0.1, -0.05) is 13.8 Å². The molecule has 58 heavy (non-hydrogen) atoms. The first kappa shape index (κ1) is 46.5. The highest BCUT2D eigenvalue weighted by Crippen LogP contribution is 2.14. The summed E-state index contributed by atoms with van der Waals surface area (Å²) in [4.78, 5) is 108. The number of anilines is 2. The number of nitrogens with zero attached hydrogens (tertiary/aromatic N) is 4. The summed E-state index contributed by atoms with van der Waals surface area (Å²) in [6.07, 6.45) is 3.13. The zero-order valence-electron chi connectivity index (χ0n) is 33.0. The van der Waals surface area contributed by atoms with Crippen molar-refractivity contribution in [1.82, 2.24) is 35.9 Å². The van der Waals surface area contributed by atoms with Gasteiger partial charge in [0.15, 0.2) is 28.7 Å². The number of nitrogens with two attached hydrogens (primary N) is 3. The van der Waals surface area contributed by atoms with Crippen molar-refractivity contribution in [3.63, 3.8) is 0 Å². The molecule has 3 aromatic rings. The summed E-state index contributed by atoms with van der Waals surface area (Å²) < 4.78 is 0. The second kappa shape index (κ2) is 23.3. The number of carbonyl (C=O) groups is 6. The number of thiol groups is 1. The highest BCUT2D eigenvalue weighted by molar-refractivity contribution is 7.80. The van der Waals surface area contributed by atoms with E-state index in [0.29, 0.717) is 42.0 Å². The van der Waals surface area contributed by atoms with Crippen molar-refractivity contribution in [3.05, 3.63) is 52.1 Å². The first-order valence-corrected chi connectivity index (χ1v) is 19.7. The molecular formula is C38H54N12O7S. The van der Waals surface area contributed by atoms with Crippen molar-refractivity contribution in [1.29, 1.82) is 0 Å². The summed E-state index contributed by atoms with van der Waals surface area (Å²) in [5.74, 6) is -3.10. The van der Waals surface area contributed by atoms with Gasteiger partial charge in [-0.05, 0) is 62.6 Å². The van der Waals surface area contributed by atoms with Gasteiger partial charge in [-0.2, -0.15) is 17.6 Å². The minimum atomic E-state index is -0.951. The lowest BCUT2D eigenvalue weighted by molar-refractivity contribution is -0.134. The molecule has 4 atom stereocenters. The molecule has 0 spiro atoms. The fourth-order valence-corrected chi connectivity index (χ4v) is 5.85. The van der Waals surface area contributed by atoms with Crippen LogP contribution in [0.15, 0.2) is 40.2 Å². The molecular weight excluding hydrogens is 769 g/mol. The molecule has 0 radical (unpaired) electrons. The van der Waals surface area contributed by atoms with Crippen molar-refractivity contribution in [3.8, 4) is 0 Å². The van der Waals surface area contributed by atoms with Gasteiger partial charge in [-0.3, -0.25) is 43.5 Å². The lowest BCUT2D eigenvalue weighted by Gasteiger charge is -2.22. The lowest BCUT2D eigenvalue weighted by atomic mass is 9.95. The Morgan fingerprint density at radius 3 is 2.26 bits per heavy atom. The van der Waals surface area contributed by atoms with E-state index in [1.165, 1.54) is 6.20 Å². The molecule has 19 nitrogen and oxygen atoms in total. The zero-order valence-corrected chi connectivity index (χ0v) is 33.9. The van der Waals surface area contributed by atoms with Crippen molar-refractivity contribution in [2.24, 2.45) is 28.3 Å². The van der Waals surface area contributed by atoms with Crippen LogP contribution in [0.3, 0.4) is 0 Å². The molecule has 0 fully saturated rings. The van der Waals surface area contributed by atoms with Gasteiger partial charge in [0.1, 0.15) is 5.78 Å². The third kappa shape index (κ3) is 15.5. The van der Waals surface area contributed by atoms with Crippen LogP contribution >= 0.6 is 12.6 Å². The number of Topliss-reactive ketones (excluding diaryl/α,β-unsaturated/α-hetero) is 3. The number of hydrogen-bond donors (Lipinski definition) is 9. The minimum Gasteiger partial charge on any atom is -0.379 e. The average Bonchev–Trinajstić information content (AvgIpc) is 3.18. The van der Waals surface area contributed by atoms with Crippen molar-refractivity contribution < 1.29 is 28.8 Å². The number of carbonyl (C=O) groups excluding carboxylic acids is 6. The molecule has 0 aliphatic carbocycles. The first-order chi connectivity index (χ1) is 27.6. The zero-order chi connectivity index (χ0) is 42.8. The first-order valence-electron chi connectivity index (χ1n) is 19.1. The third-order valence-corrected chi connectivity index (χ3v) is 9.35. The molecule has 3 rings (SSSR count). The fraction of sp³-hybridized carbons (Fsp3) is 0.500. The number of aliphatic imine (C=N–C) groups is 1. The molecule has 0 aliphatic rings. The van der Waals surface area contributed by atoms with Crippen LogP contribution in [0.1, 0.15) is 88.2 Å². The van der Waals surface area contributed by atoms with Crippen LogP contribution in [0.4, 0.5) is 11.6 Å². The molecule has 2 aromatic heterocycles. The maximum absolute atomic E-state index is 13.3. The van der Waals surface area contributed by atoms with E-state index in [9.17, 15) is 33.6 Å². The molecule has 0 saturated carbocycles. The van der Waals surface area contributed by atoms with Crippen LogP contribution in [-0.4, -0.2) is 91.9 Å². The third-order valence-electron chi connectivity index (χ3n) is 9.03. The number of H-pyrrole nitrogens is 1. The van der Waals surface area contributed by atoms with Gasteiger partial charge in [0, 0.05) is 61.9 Å². The Morgan fingerprint density at radius 1 is 0.879 bits per heavy atom. The molecule has 1 aromatic carbocycles. The number of benzene rings is 1. The summed E-state index contributed by atoms with van der Waals surface area (Å²) in [7, 11) is 0. The Morgan fingerprint density at radius 2 is 1.57 bits per heavy atom. The summed E-state index contributed by atoms with van der Waals surface area (Å²) in [6.45, 7) is 5.45. The predicted octanol–water partition coefficient (Wildman–Crippen LogP) is 0.930. The molecule has 2 heterocycles. The molecule has 0 unspecified atom stereocenters. The van der Waals surface area contributed by atoms with Crippen LogP contribution < -0.4 is 44.0 Å². The Balaban J connectivity index is 1.43. The van der Waals surface area contributed by atoms with Gasteiger partial charge in [0.05, 0.1) is 30.5 Å². The number of aromatic amines is 1.